The monoisotopic (exact) mass is 344 g/mol. The zero-order chi connectivity index (χ0) is 18.6. The Bertz CT molecular complexity index is 706. The van der Waals surface area contributed by atoms with Crippen LogP contribution < -0.4 is 0 Å². The van der Waals surface area contributed by atoms with E-state index in [1.54, 1.807) is 0 Å². The summed E-state index contributed by atoms with van der Waals surface area (Å²) < 4.78 is 5.18. The molecule has 0 saturated heterocycles. The summed E-state index contributed by atoms with van der Waals surface area (Å²) >= 11 is 0. The van der Waals surface area contributed by atoms with Gasteiger partial charge in [0.15, 0.2) is 0 Å². The van der Waals surface area contributed by atoms with Crippen molar-refractivity contribution in [3.05, 3.63) is 28.3 Å². The maximum atomic E-state index is 12.6. The Hall–Kier alpha value is -1.51. The molecule has 3 rings (SSSR count). The molecule has 1 aromatic carbocycles. The van der Waals surface area contributed by atoms with Gasteiger partial charge in [-0.05, 0) is 85.1 Å². The molecule has 1 fully saturated rings. The fourth-order valence-corrected chi connectivity index (χ4v) is 6.02. The minimum absolute atomic E-state index is 0.0769. The normalized spacial score (nSPS) is 31.4. The lowest BCUT2D eigenvalue weighted by molar-refractivity contribution is -0.161. The van der Waals surface area contributed by atoms with Gasteiger partial charge in [-0.25, -0.2) is 0 Å². The number of fused-ring (bicyclic) bond motifs is 3. The van der Waals surface area contributed by atoms with E-state index in [4.69, 9.17) is 4.74 Å². The number of hydrogen-bond donors (Lipinski definition) is 1. The van der Waals surface area contributed by atoms with Gasteiger partial charge in [-0.3, -0.25) is 4.79 Å². The molecule has 2 aliphatic carbocycles. The molecule has 138 valence electrons. The van der Waals surface area contributed by atoms with Gasteiger partial charge in [0.05, 0.1) is 12.5 Å². The van der Waals surface area contributed by atoms with Crippen LogP contribution in [0.1, 0.15) is 81.5 Å². The SMILES string of the molecule is COC(=O)[C@]1(C)CCC[C@]2(C)c3cc(O)c(C(C)C)c(C)c3CC[C@@H]12. The fourth-order valence-electron chi connectivity index (χ4n) is 6.02. The maximum Gasteiger partial charge on any atom is 0.311 e. The van der Waals surface area contributed by atoms with Gasteiger partial charge < -0.3 is 9.84 Å². The van der Waals surface area contributed by atoms with Crippen molar-refractivity contribution in [1.29, 1.82) is 0 Å². The molecule has 0 amide bonds. The summed E-state index contributed by atoms with van der Waals surface area (Å²) in [6.07, 6.45) is 4.97. The molecule has 0 aliphatic heterocycles. The lowest BCUT2D eigenvalue weighted by Crippen LogP contribution is -2.52. The van der Waals surface area contributed by atoms with Crippen molar-refractivity contribution in [2.45, 2.75) is 78.1 Å². The van der Waals surface area contributed by atoms with Crippen LogP contribution in [0, 0.1) is 18.3 Å². The van der Waals surface area contributed by atoms with Crippen LogP contribution in [0.15, 0.2) is 6.07 Å². The Morgan fingerprint density at radius 3 is 2.60 bits per heavy atom. The Labute approximate surface area is 151 Å². The number of hydrogen-bond acceptors (Lipinski definition) is 3. The highest BCUT2D eigenvalue weighted by atomic mass is 16.5. The number of benzene rings is 1. The fraction of sp³-hybridized carbons (Fsp3) is 0.682. The first-order valence-corrected chi connectivity index (χ1v) is 9.61. The van der Waals surface area contributed by atoms with Crippen molar-refractivity contribution in [3.63, 3.8) is 0 Å². The lowest BCUT2D eigenvalue weighted by Gasteiger charge is -2.54. The van der Waals surface area contributed by atoms with Crippen molar-refractivity contribution in [3.8, 4) is 5.75 Å². The number of esters is 1. The summed E-state index contributed by atoms with van der Waals surface area (Å²) in [5.41, 5.74) is 4.47. The molecule has 0 heterocycles. The van der Waals surface area contributed by atoms with E-state index >= 15 is 0 Å². The number of methoxy groups -OCH3 is 1. The highest BCUT2D eigenvalue weighted by Crippen LogP contribution is 2.58. The number of carbonyl (C=O) groups excluding carboxylic acids is 1. The molecule has 1 aromatic rings. The number of ether oxygens (including phenoxy) is 1. The summed E-state index contributed by atoms with van der Waals surface area (Å²) in [5, 5.41) is 10.7. The first-order chi connectivity index (χ1) is 11.7. The summed E-state index contributed by atoms with van der Waals surface area (Å²) in [4.78, 5) is 12.6. The zero-order valence-corrected chi connectivity index (χ0v) is 16.5. The highest BCUT2D eigenvalue weighted by molar-refractivity contribution is 5.77. The zero-order valence-electron chi connectivity index (χ0n) is 16.5. The van der Waals surface area contributed by atoms with E-state index in [-0.39, 0.29) is 17.3 Å². The van der Waals surface area contributed by atoms with Gasteiger partial charge in [0.2, 0.25) is 0 Å². The first kappa shape index (κ1) is 18.3. The predicted molar refractivity (Wildman–Crippen MR) is 100 cm³/mol. The Balaban J connectivity index is 2.17. The van der Waals surface area contributed by atoms with Crippen molar-refractivity contribution in [2.24, 2.45) is 11.3 Å². The highest BCUT2D eigenvalue weighted by Gasteiger charge is 2.56. The second kappa shape index (κ2) is 6.03. The molecule has 3 nitrogen and oxygen atoms in total. The molecule has 0 aromatic heterocycles. The van der Waals surface area contributed by atoms with E-state index in [1.165, 1.54) is 23.8 Å². The smallest absolute Gasteiger partial charge is 0.311 e. The van der Waals surface area contributed by atoms with E-state index in [2.05, 4.69) is 34.6 Å². The predicted octanol–water partition coefficient (Wildman–Crippen LogP) is 5.01. The lowest BCUT2D eigenvalue weighted by atomic mass is 9.49. The van der Waals surface area contributed by atoms with Gasteiger partial charge in [-0.1, -0.05) is 27.2 Å². The molecule has 0 bridgehead atoms. The van der Waals surface area contributed by atoms with Crippen LogP contribution in [0.25, 0.3) is 0 Å². The van der Waals surface area contributed by atoms with E-state index in [1.807, 2.05) is 6.07 Å². The summed E-state index contributed by atoms with van der Waals surface area (Å²) in [6, 6.07) is 2.01. The number of phenolic OH excluding ortho intramolecular Hbond substituents is 1. The van der Waals surface area contributed by atoms with E-state index in [0.29, 0.717) is 11.7 Å². The molecular weight excluding hydrogens is 312 g/mol. The van der Waals surface area contributed by atoms with Crippen LogP contribution in [-0.2, 0) is 21.4 Å². The molecule has 25 heavy (non-hydrogen) atoms. The average molecular weight is 344 g/mol. The van der Waals surface area contributed by atoms with Crippen molar-refractivity contribution in [2.75, 3.05) is 7.11 Å². The standard InChI is InChI=1S/C22H32O3/c1-13(2)19-14(3)15-8-9-18-21(4,16(15)12-17(19)23)10-7-11-22(18,5)20(24)25-6/h12-13,18,23H,7-11H2,1-6H3/t18-,21-,22-/m1/s1. The van der Waals surface area contributed by atoms with Gasteiger partial charge >= 0.3 is 5.97 Å². The topological polar surface area (TPSA) is 46.5 Å². The van der Waals surface area contributed by atoms with Gasteiger partial charge in [-0.2, -0.15) is 0 Å². The minimum atomic E-state index is -0.431. The molecule has 0 unspecified atom stereocenters. The van der Waals surface area contributed by atoms with Crippen LogP contribution >= 0.6 is 0 Å². The van der Waals surface area contributed by atoms with Crippen molar-refractivity contribution in [1.82, 2.24) is 0 Å². The van der Waals surface area contributed by atoms with Crippen LogP contribution in [0.2, 0.25) is 0 Å². The largest absolute Gasteiger partial charge is 0.508 e. The number of rotatable bonds is 2. The third kappa shape index (κ3) is 2.50. The number of phenols is 1. The third-order valence-electron chi connectivity index (χ3n) is 7.20. The Morgan fingerprint density at radius 2 is 2.00 bits per heavy atom. The summed E-state index contributed by atoms with van der Waals surface area (Å²) in [7, 11) is 1.50. The van der Waals surface area contributed by atoms with Crippen molar-refractivity contribution >= 4 is 5.97 Å². The van der Waals surface area contributed by atoms with E-state index < -0.39 is 5.41 Å². The second-order valence-corrected chi connectivity index (χ2v) is 8.89. The molecule has 0 radical (unpaired) electrons. The van der Waals surface area contributed by atoms with Gasteiger partial charge in [-0.15, -0.1) is 0 Å². The second-order valence-electron chi connectivity index (χ2n) is 8.89. The van der Waals surface area contributed by atoms with Gasteiger partial charge in [0, 0.05) is 0 Å². The first-order valence-electron chi connectivity index (χ1n) is 9.61. The van der Waals surface area contributed by atoms with E-state index in [9.17, 15) is 9.90 Å². The molecule has 3 heteroatoms. The molecule has 3 atom stereocenters. The van der Waals surface area contributed by atoms with Crippen LogP contribution in [0.4, 0.5) is 0 Å². The number of aromatic hydroxyl groups is 1. The molecule has 1 N–H and O–H groups in total. The van der Waals surface area contributed by atoms with Crippen LogP contribution in [-0.4, -0.2) is 18.2 Å². The molecule has 0 spiro atoms. The number of carbonyl (C=O) groups is 1. The van der Waals surface area contributed by atoms with Gasteiger partial charge in [0.1, 0.15) is 5.75 Å². The summed E-state index contributed by atoms with van der Waals surface area (Å²) in [6.45, 7) is 10.8. The summed E-state index contributed by atoms with van der Waals surface area (Å²) in [5.74, 6) is 0.907. The third-order valence-corrected chi connectivity index (χ3v) is 7.20. The maximum absolute atomic E-state index is 12.6. The molecular formula is C22H32O3. The average Bonchev–Trinajstić information content (AvgIpc) is 2.54. The van der Waals surface area contributed by atoms with Crippen LogP contribution in [0.3, 0.4) is 0 Å². The van der Waals surface area contributed by atoms with Gasteiger partial charge in [0.25, 0.3) is 0 Å². The Kier molecular flexibility index (Phi) is 4.41. The van der Waals surface area contributed by atoms with E-state index in [0.717, 1.165) is 37.7 Å². The Morgan fingerprint density at radius 1 is 1.32 bits per heavy atom. The molecule has 2 aliphatic rings. The van der Waals surface area contributed by atoms with Crippen molar-refractivity contribution < 1.29 is 14.6 Å². The van der Waals surface area contributed by atoms with Crippen LogP contribution in [0.5, 0.6) is 5.75 Å². The minimum Gasteiger partial charge on any atom is -0.508 e. The quantitative estimate of drug-likeness (QED) is 0.767. The molecule has 1 saturated carbocycles.